The maximum Gasteiger partial charge on any atom is 0.260 e. The van der Waals surface area contributed by atoms with Crippen molar-refractivity contribution in [2.24, 2.45) is 0 Å². The Balaban J connectivity index is 1.98. The highest BCUT2D eigenvalue weighted by Gasteiger charge is 2.28. The molecule has 1 N–H and O–H groups in total. The van der Waals surface area contributed by atoms with Gasteiger partial charge < -0.3 is 4.74 Å². The lowest BCUT2D eigenvalue weighted by Crippen LogP contribution is -2.41. The van der Waals surface area contributed by atoms with Crippen LogP contribution in [0.5, 0.6) is 0 Å². The monoisotopic (exact) mass is 315 g/mol. The zero-order valence-corrected chi connectivity index (χ0v) is 12.2. The molecule has 6 nitrogen and oxygen atoms in total. The lowest BCUT2D eigenvalue weighted by molar-refractivity contribution is 0.0774. The first-order valence-electron chi connectivity index (χ1n) is 6.30. The molecule has 1 fully saturated rings. The van der Waals surface area contributed by atoms with E-state index in [2.05, 4.69) is 9.71 Å². The third-order valence-electron chi connectivity index (χ3n) is 3.18. The Kier molecular flexibility index (Phi) is 3.68. The number of hydrogen-bond acceptors (Lipinski definition) is 4. The van der Waals surface area contributed by atoms with E-state index in [1.54, 1.807) is 24.4 Å². The topological polar surface area (TPSA) is 72.7 Å². The van der Waals surface area contributed by atoms with E-state index in [1.165, 1.54) is 4.40 Å². The van der Waals surface area contributed by atoms with E-state index in [0.29, 0.717) is 18.9 Å². The van der Waals surface area contributed by atoms with Crippen LogP contribution < -0.4 is 4.72 Å². The van der Waals surface area contributed by atoms with Crippen LogP contribution in [-0.2, 0) is 14.8 Å². The van der Waals surface area contributed by atoms with E-state index in [9.17, 15) is 8.42 Å². The van der Waals surface area contributed by atoms with Crippen LogP contribution in [0, 0.1) is 0 Å². The van der Waals surface area contributed by atoms with E-state index < -0.39 is 10.0 Å². The molecule has 1 aliphatic rings. The fourth-order valence-corrected chi connectivity index (χ4v) is 4.19. The summed E-state index contributed by atoms with van der Waals surface area (Å²) >= 11 is 5.99. The molecule has 20 heavy (non-hydrogen) atoms. The number of imidazole rings is 1. The smallest absolute Gasteiger partial charge is 0.260 e. The normalized spacial score (nSPS) is 20.4. The second-order valence-corrected chi connectivity index (χ2v) is 6.66. The molecular weight excluding hydrogens is 302 g/mol. The number of pyridine rings is 1. The number of nitrogens with zero attached hydrogens (tertiary/aromatic N) is 2. The lowest BCUT2D eigenvalue weighted by atomic mass is 10.1. The number of ether oxygens (including phenoxy) is 1. The van der Waals surface area contributed by atoms with Gasteiger partial charge in [0, 0.05) is 18.8 Å². The van der Waals surface area contributed by atoms with Gasteiger partial charge in [0.2, 0.25) is 0 Å². The van der Waals surface area contributed by atoms with Crippen molar-refractivity contribution in [3.05, 3.63) is 29.5 Å². The molecule has 0 aliphatic carbocycles. The Morgan fingerprint density at radius 3 is 3.05 bits per heavy atom. The van der Waals surface area contributed by atoms with Crippen molar-refractivity contribution in [2.75, 3.05) is 13.2 Å². The molecule has 2 aromatic heterocycles. The fraction of sp³-hybridized carbons (Fsp3) is 0.417. The Bertz CT molecular complexity index is 723. The summed E-state index contributed by atoms with van der Waals surface area (Å²) in [6, 6.07) is 4.99. The minimum absolute atomic E-state index is 0.0274. The number of hydrogen-bond donors (Lipinski definition) is 1. The highest BCUT2D eigenvalue weighted by atomic mass is 35.5. The third kappa shape index (κ3) is 2.54. The summed E-state index contributed by atoms with van der Waals surface area (Å²) in [4.78, 5) is 4.05. The standard InChI is InChI=1S/C12H14ClN3O3S/c13-11-12(16-6-2-1-5-10(16)14-11)20(17,18)15-9-4-3-7-19-8-9/h1-2,5-6,9,15H,3-4,7-8H2. The predicted octanol–water partition coefficient (Wildman–Crippen LogP) is 1.44. The van der Waals surface area contributed by atoms with E-state index in [1.807, 2.05) is 0 Å². The van der Waals surface area contributed by atoms with Crippen molar-refractivity contribution in [3.63, 3.8) is 0 Å². The molecular formula is C12H14ClN3O3S. The number of aromatic nitrogens is 2. The van der Waals surface area contributed by atoms with Gasteiger partial charge in [-0.15, -0.1) is 0 Å². The fourth-order valence-electron chi connectivity index (χ4n) is 2.29. The van der Waals surface area contributed by atoms with Crippen LogP contribution in [-0.4, -0.2) is 37.1 Å². The van der Waals surface area contributed by atoms with Crippen molar-refractivity contribution in [2.45, 2.75) is 23.9 Å². The molecule has 0 radical (unpaired) electrons. The minimum Gasteiger partial charge on any atom is -0.380 e. The molecule has 0 bridgehead atoms. The Labute approximate surface area is 121 Å². The summed E-state index contributed by atoms with van der Waals surface area (Å²) < 4.78 is 34.3. The zero-order valence-electron chi connectivity index (χ0n) is 10.6. The van der Waals surface area contributed by atoms with Gasteiger partial charge in [-0.2, -0.15) is 0 Å². The number of nitrogens with one attached hydrogen (secondary N) is 1. The zero-order chi connectivity index (χ0) is 14.2. The van der Waals surface area contributed by atoms with Gasteiger partial charge in [0.25, 0.3) is 10.0 Å². The van der Waals surface area contributed by atoms with E-state index in [4.69, 9.17) is 16.3 Å². The second-order valence-electron chi connectivity index (χ2n) is 4.67. The molecule has 1 unspecified atom stereocenters. The summed E-state index contributed by atoms with van der Waals surface area (Å²) in [5.41, 5.74) is 0.498. The first-order valence-corrected chi connectivity index (χ1v) is 8.17. The lowest BCUT2D eigenvalue weighted by Gasteiger charge is -2.22. The summed E-state index contributed by atoms with van der Waals surface area (Å²) in [7, 11) is -3.74. The van der Waals surface area contributed by atoms with Gasteiger partial charge in [0.1, 0.15) is 5.65 Å². The van der Waals surface area contributed by atoms with E-state index >= 15 is 0 Å². The van der Waals surface area contributed by atoms with Crippen molar-refractivity contribution in [1.82, 2.24) is 14.1 Å². The van der Waals surface area contributed by atoms with Crippen LogP contribution in [0.15, 0.2) is 29.4 Å². The van der Waals surface area contributed by atoms with E-state index in [-0.39, 0.29) is 16.2 Å². The molecule has 1 atom stereocenters. The number of sulfonamides is 1. The van der Waals surface area contributed by atoms with Crippen LogP contribution in [0.3, 0.4) is 0 Å². The highest BCUT2D eigenvalue weighted by molar-refractivity contribution is 7.89. The van der Waals surface area contributed by atoms with Gasteiger partial charge in [0.05, 0.1) is 6.61 Å². The quantitative estimate of drug-likeness (QED) is 0.930. The van der Waals surface area contributed by atoms with E-state index in [0.717, 1.165) is 12.8 Å². The molecule has 0 aromatic carbocycles. The summed E-state index contributed by atoms with van der Waals surface area (Å²) in [6.07, 6.45) is 3.22. The summed E-state index contributed by atoms with van der Waals surface area (Å²) in [6.45, 7) is 1.06. The molecule has 0 saturated carbocycles. The Morgan fingerprint density at radius 2 is 2.30 bits per heavy atom. The van der Waals surface area contributed by atoms with Gasteiger partial charge in [-0.05, 0) is 25.0 Å². The summed E-state index contributed by atoms with van der Waals surface area (Å²) in [5.74, 6) is 0. The molecule has 2 aromatic rings. The highest BCUT2D eigenvalue weighted by Crippen LogP contribution is 2.23. The largest absolute Gasteiger partial charge is 0.380 e. The molecule has 0 spiro atoms. The second kappa shape index (κ2) is 5.33. The Hall–Kier alpha value is -1.15. The molecule has 8 heteroatoms. The first kappa shape index (κ1) is 13.8. The van der Waals surface area contributed by atoms with Gasteiger partial charge in [-0.3, -0.25) is 4.40 Å². The van der Waals surface area contributed by atoms with Crippen molar-refractivity contribution in [1.29, 1.82) is 0 Å². The molecule has 3 heterocycles. The van der Waals surface area contributed by atoms with Crippen LogP contribution in [0.25, 0.3) is 5.65 Å². The van der Waals surface area contributed by atoms with Crippen LogP contribution >= 0.6 is 11.6 Å². The van der Waals surface area contributed by atoms with Gasteiger partial charge in [-0.25, -0.2) is 18.1 Å². The van der Waals surface area contributed by atoms with Crippen LogP contribution in [0.2, 0.25) is 5.15 Å². The molecule has 108 valence electrons. The maximum absolute atomic E-state index is 12.5. The first-order chi connectivity index (χ1) is 9.58. The molecule has 3 rings (SSSR count). The third-order valence-corrected chi connectivity index (χ3v) is 5.10. The van der Waals surface area contributed by atoms with Gasteiger partial charge in [-0.1, -0.05) is 17.7 Å². The average molecular weight is 316 g/mol. The Morgan fingerprint density at radius 1 is 1.45 bits per heavy atom. The molecule has 1 aliphatic heterocycles. The summed E-state index contributed by atoms with van der Waals surface area (Å²) in [5, 5.41) is -0.0548. The number of halogens is 1. The average Bonchev–Trinajstić information content (AvgIpc) is 2.75. The van der Waals surface area contributed by atoms with Crippen molar-refractivity contribution < 1.29 is 13.2 Å². The predicted molar refractivity (Wildman–Crippen MR) is 74.4 cm³/mol. The minimum atomic E-state index is -3.74. The van der Waals surface area contributed by atoms with Crippen LogP contribution in [0.1, 0.15) is 12.8 Å². The maximum atomic E-state index is 12.5. The van der Waals surface area contributed by atoms with Crippen LogP contribution in [0.4, 0.5) is 0 Å². The van der Waals surface area contributed by atoms with Crippen molar-refractivity contribution in [3.8, 4) is 0 Å². The van der Waals surface area contributed by atoms with Gasteiger partial charge in [0.15, 0.2) is 10.2 Å². The SMILES string of the molecule is O=S(=O)(NC1CCCOC1)c1c(Cl)nc2ccccn12. The van der Waals surface area contributed by atoms with Crippen molar-refractivity contribution >= 4 is 27.3 Å². The molecule has 1 saturated heterocycles. The number of fused-ring (bicyclic) bond motifs is 1. The van der Waals surface area contributed by atoms with Gasteiger partial charge >= 0.3 is 0 Å². The number of rotatable bonds is 3. The molecule has 0 amide bonds.